The Morgan fingerprint density at radius 2 is 1.42 bits per heavy atom. The van der Waals surface area contributed by atoms with Crippen LogP contribution in [0.15, 0.2) is 84.9 Å². The topological polar surface area (TPSA) is 65.1 Å². The molecule has 0 saturated carbocycles. The lowest BCUT2D eigenvalue weighted by Gasteiger charge is -2.24. The Labute approximate surface area is 194 Å². The molecular weight excluding hydrogens is 418 g/mol. The second-order valence-corrected chi connectivity index (χ2v) is 7.27. The number of hydrogen-bond donors (Lipinski definition) is 0. The molecule has 0 bridgehead atoms. The first-order valence-electron chi connectivity index (χ1n) is 11.1. The molecule has 0 radical (unpaired) electrons. The van der Waals surface area contributed by atoms with E-state index < -0.39 is 0 Å². The van der Waals surface area contributed by atoms with Crippen molar-refractivity contribution in [1.29, 1.82) is 0 Å². The zero-order valence-corrected chi connectivity index (χ0v) is 18.8. The van der Waals surface area contributed by atoms with E-state index in [-0.39, 0.29) is 24.8 Å². The summed E-state index contributed by atoms with van der Waals surface area (Å²) in [6.07, 6.45) is 0.125. The number of rotatable bonds is 12. The van der Waals surface area contributed by atoms with Crippen molar-refractivity contribution in [3.8, 4) is 11.5 Å². The van der Waals surface area contributed by atoms with Crippen molar-refractivity contribution in [2.75, 3.05) is 26.4 Å². The lowest BCUT2D eigenvalue weighted by molar-refractivity contribution is -0.143. The van der Waals surface area contributed by atoms with Crippen LogP contribution in [0.3, 0.4) is 0 Å². The lowest BCUT2D eigenvalue weighted by atomic mass is 10.1. The van der Waals surface area contributed by atoms with Crippen molar-refractivity contribution in [2.24, 2.45) is 0 Å². The minimum Gasteiger partial charge on any atom is -0.490 e. The van der Waals surface area contributed by atoms with Gasteiger partial charge in [-0.25, -0.2) is 0 Å². The third-order valence-corrected chi connectivity index (χ3v) is 4.86. The van der Waals surface area contributed by atoms with Gasteiger partial charge in [0, 0.05) is 13.1 Å². The number of esters is 1. The van der Waals surface area contributed by atoms with Crippen LogP contribution in [0.5, 0.6) is 11.5 Å². The highest BCUT2D eigenvalue weighted by Crippen LogP contribution is 2.21. The minimum atomic E-state index is -0.328. The van der Waals surface area contributed by atoms with Crippen LogP contribution >= 0.6 is 0 Å². The van der Waals surface area contributed by atoms with Gasteiger partial charge in [0.1, 0.15) is 24.7 Å². The molecule has 0 N–H and O–H groups in total. The van der Waals surface area contributed by atoms with Crippen molar-refractivity contribution >= 4 is 11.9 Å². The highest BCUT2D eigenvalue weighted by molar-refractivity contribution is 5.97. The molecular formula is C27H29NO5. The summed E-state index contributed by atoms with van der Waals surface area (Å²) in [5.74, 6) is 0.709. The molecule has 0 saturated heterocycles. The summed E-state index contributed by atoms with van der Waals surface area (Å²) >= 11 is 0. The predicted octanol–water partition coefficient (Wildman–Crippen LogP) is 4.74. The van der Waals surface area contributed by atoms with E-state index in [0.717, 1.165) is 11.3 Å². The van der Waals surface area contributed by atoms with E-state index >= 15 is 0 Å². The number of para-hydroxylation sites is 2. The van der Waals surface area contributed by atoms with Crippen LogP contribution in [-0.2, 0) is 16.1 Å². The van der Waals surface area contributed by atoms with Gasteiger partial charge >= 0.3 is 5.97 Å². The monoisotopic (exact) mass is 447 g/mol. The van der Waals surface area contributed by atoms with Crippen LogP contribution in [0.2, 0.25) is 0 Å². The molecule has 0 atom stereocenters. The van der Waals surface area contributed by atoms with Crippen molar-refractivity contribution in [3.63, 3.8) is 0 Å². The van der Waals surface area contributed by atoms with E-state index in [0.29, 0.717) is 37.7 Å². The first-order valence-corrected chi connectivity index (χ1v) is 11.1. The van der Waals surface area contributed by atoms with E-state index in [1.54, 1.807) is 30.0 Å². The van der Waals surface area contributed by atoms with Crippen LogP contribution < -0.4 is 9.47 Å². The highest BCUT2D eigenvalue weighted by Gasteiger charge is 2.21. The molecule has 3 aromatic carbocycles. The van der Waals surface area contributed by atoms with Crippen molar-refractivity contribution in [3.05, 3.63) is 96.1 Å². The van der Waals surface area contributed by atoms with Gasteiger partial charge in [-0.05, 0) is 36.8 Å². The largest absolute Gasteiger partial charge is 0.490 e. The molecule has 0 unspecified atom stereocenters. The number of benzene rings is 3. The molecule has 6 nitrogen and oxygen atoms in total. The number of amides is 1. The molecule has 3 rings (SSSR count). The maximum absolute atomic E-state index is 13.5. The fourth-order valence-corrected chi connectivity index (χ4v) is 3.28. The lowest BCUT2D eigenvalue weighted by Crippen LogP contribution is -2.33. The number of hydrogen-bond acceptors (Lipinski definition) is 5. The Bertz CT molecular complexity index is 1010. The first-order chi connectivity index (χ1) is 16.2. The summed E-state index contributed by atoms with van der Waals surface area (Å²) in [7, 11) is 0. The average molecular weight is 448 g/mol. The van der Waals surface area contributed by atoms with Crippen molar-refractivity contribution < 1.29 is 23.8 Å². The Morgan fingerprint density at radius 1 is 0.788 bits per heavy atom. The summed E-state index contributed by atoms with van der Waals surface area (Å²) in [5, 5.41) is 0. The Morgan fingerprint density at radius 3 is 2.15 bits per heavy atom. The van der Waals surface area contributed by atoms with Gasteiger partial charge in [-0.15, -0.1) is 0 Å². The number of carbonyl (C=O) groups excluding carboxylic acids is 2. The molecule has 3 aromatic rings. The predicted molar refractivity (Wildman–Crippen MR) is 126 cm³/mol. The zero-order valence-electron chi connectivity index (χ0n) is 18.8. The SMILES string of the molecule is CCOC(=O)CCN(Cc1ccccc1)C(=O)c1ccccc1OCCOc1ccccc1. The number of carbonyl (C=O) groups is 2. The van der Waals surface area contributed by atoms with Crippen LogP contribution in [0, 0.1) is 0 Å². The maximum Gasteiger partial charge on any atom is 0.307 e. The zero-order chi connectivity index (χ0) is 23.3. The third-order valence-electron chi connectivity index (χ3n) is 4.86. The molecule has 1 amide bonds. The van der Waals surface area contributed by atoms with Crippen LogP contribution in [-0.4, -0.2) is 43.1 Å². The van der Waals surface area contributed by atoms with Gasteiger partial charge in [-0.3, -0.25) is 9.59 Å². The van der Waals surface area contributed by atoms with E-state index in [1.807, 2.05) is 66.7 Å². The minimum absolute atomic E-state index is 0.125. The van der Waals surface area contributed by atoms with E-state index in [4.69, 9.17) is 14.2 Å². The Balaban J connectivity index is 1.68. The van der Waals surface area contributed by atoms with Gasteiger partial charge in [0.05, 0.1) is 18.6 Å². The maximum atomic E-state index is 13.5. The standard InChI is InChI=1S/C27H29NO5/c1-2-31-26(29)17-18-28(21-22-11-5-3-6-12-22)27(30)24-15-9-10-16-25(24)33-20-19-32-23-13-7-4-8-14-23/h3-16H,2,17-21H2,1H3. The molecule has 0 heterocycles. The molecule has 0 aliphatic rings. The fourth-order valence-electron chi connectivity index (χ4n) is 3.28. The molecule has 0 spiro atoms. The molecule has 6 heteroatoms. The number of nitrogens with zero attached hydrogens (tertiary/aromatic N) is 1. The molecule has 172 valence electrons. The van der Waals surface area contributed by atoms with Gasteiger partial charge in [0.15, 0.2) is 0 Å². The molecule has 0 aromatic heterocycles. The van der Waals surface area contributed by atoms with Gasteiger partial charge in [0.25, 0.3) is 5.91 Å². The van der Waals surface area contributed by atoms with Crippen molar-refractivity contribution in [2.45, 2.75) is 19.9 Å². The smallest absolute Gasteiger partial charge is 0.307 e. The molecule has 0 aliphatic carbocycles. The fraction of sp³-hybridized carbons (Fsp3) is 0.259. The average Bonchev–Trinajstić information content (AvgIpc) is 2.86. The Hall–Kier alpha value is -3.80. The molecule has 33 heavy (non-hydrogen) atoms. The van der Waals surface area contributed by atoms with Gasteiger partial charge in [-0.1, -0.05) is 60.7 Å². The molecule has 0 aliphatic heterocycles. The van der Waals surface area contributed by atoms with Crippen LogP contribution in [0.25, 0.3) is 0 Å². The van der Waals surface area contributed by atoms with E-state index in [2.05, 4.69) is 0 Å². The van der Waals surface area contributed by atoms with Gasteiger partial charge in [-0.2, -0.15) is 0 Å². The van der Waals surface area contributed by atoms with E-state index in [9.17, 15) is 9.59 Å². The first kappa shape index (κ1) is 23.9. The quantitative estimate of drug-likeness (QED) is 0.296. The van der Waals surface area contributed by atoms with E-state index in [1.165, 1.54) is 0 Å². The van der Waals surface area contributed by atoms with Crippen molar-refractivity contribution in [1.82, 2.24) is 4.90 Å². The van der Waals surface area contributed by atoms with Gasteiger partial charge < -0.3 is 19.1 Å². The second-order valence-electron chi connectivity index (χ2n) is 7.27. The normalized spacial score (nSPS) is 10.3. The highest BCUT2D eigenvalue weighted by atomic mass is 16.5. The summed E-state index contributed by atoms with van der Waals surface area (Å²) in [6, 6.07) is 26.3. The Kier molecular flexibility index (Phi) is 9.33. The van der Waals surface area contributed by atoms with Crippen LogP contribution in [0.4, 0.5) is 0 Å². The van der Waals surface area contributed by atoms with Gasteiger partial charge in [0.2, 0.25) is 0 Å². The summed E-state index contributed by atoms with van der Waals surface area (Å²) in [5.41, 5.74) is 1.42. The number of ether oxygens (including phenoxy) is 3. The second kappa shape index (κ2) is 12.9. The molecule has 0 fully saturated rings. The third kappa shape index (κ3) is 7.68. The summed E-state index contributed by atoms with van der Waals surface area (Å²) in [4.78, 5) is 27.0. The van der Waals surface area contributed by atoms with Crippen LogP contribution in [0.1, 0.15) is 29.3 Å². The summed E-state index contributed by atoms with van der Waals surface area (Å²) in [6.45, 7) is 3.35. The summed E-state index contributed by atoms with van der Waals surface area (Å²) < 4.78 is 16.6.